The first-order valence-corrected chi connectivity index (χ1v) is 7.82. The number of benzene rings is 2. The monoisotopic (exact) mass is 391 g/mol. The Kier molecular flexibility index (Phi) is 5.34. The molecule has 1 N–H and O–H groups in total. The fourth-order valence-electron chi connectivity index (χ4n) is 2.35. The van der Waals surface area contributed by atoms with E-state index in [9.17, 15) is 22.8 Å². The standard InChI is InChI=1S/C17H12F3N5O3/c18-17(19,20)12-6-2-3-7-13(12)22-15(26)9-28-16(27)11-5-1-4-8-14(11)25-10-21-23-24-25/h1-8,10H,9H2,(H,22,26). The smallest absolute Gasteiger partial charge is 0.418 e. The van der Waals surface area contributed by atoms with Gasteiger partial charge in [0.15, 0.2) is 6.61 Å². The first-order chi connectivity index (χ1) is 13.4. The number of hydrogen-bond donors (Lipinski definition) is 1. The number of rotatable bonds is 5. The van der Waals surface area contributed by atoms with Crippen LogP contribution >= 0.6 is 0 Å². The molecule has 11 heteroatoms. The number of amides is 1. The number of nitrogens with one attached hydrogen (secondary N) is 1. The Bertz CT molecular complexity index is 990. The topological polar surface area (TPSA) is 99.0 Å². The van der Waals surface area contributed by atoms with Gasteiger partial charge in [-0.05, 0) is 34.7 Å². The van der Waals surface area contributed by atoms with Crippen LogP contribution < -0.4 is 5.32 Å². The molecular formula is C17H12F3N5O3. The van der Waals surface area contributed by atoms with Crippen molar-refractivity contribution in [3.63, 3.8) is 0 Å². The largest absolute Gasteiger partial charge is 0.452 e. The first kappa shape index (κ1) is 19.0. The van der Waals surface area contributed by atoms with Crippen molar-refractivity contribution in [3.8, 4) is 5.69 Å². The van der Waals surface area contributed by atoms with Gasteiger partial charge in [0.1, 0.15) is 6.33 Å². The van der Waals surface area contributed by atoms with E-state index in [-0.39, 0.29) is 5.56 Å². The summed E-state index contributed by atoms with van der Waals surface area (Å²) in [5.74, 6) is -1.77. The molecule has 3 rings (SSSR count). The molecule has 144 valence electrons. The molecule has 0 atom stereocenters. The molecule has 0 fully saturated rings. The molecule has 0 aliphatic heterocycles. The lowest BCUT2D eigenvalue weighted by Crippen LogP contribution is -2.23. The van der Waals surface area contributed by atoms with E-state index in [0.717, 1.165) is 12.1 Å². The van der Waals surface area contributed by atoms with Crippen LogP contribution in [0.3, 0.4) is 0 Å². The highest BCUT2D eigenvalue weighted by Gasteiger charge is 2.33. The van der Waals surface area contributed by atoms with Crippen molar-refractivity contribution in [3.05, 3.63) is 66.0 Å². The van der Waals surface area contributed by atoms with Gasteiger partial charge in [-0.3, -0.25) is 4.79 Å². The second-order valence-electron chi connectivity index (χ2n) is 5.44. The molecule has 0 aliphatic rings. The van der Waals surface area contributed by atoms with Crippen LogP contribution in [-0.4, -0.2) is 38.7 Å². The summed E-state index contributed by atoms with van der Waals surface area (Å²) < 4.78 is 45.0. The number of anilines is 1. The van der Waals surface area contributed by atoms with Gasteiger partial charge in [-0.15, -0.1) is 5.10 Å². The zero-order valence-electron chi connectivity index (χ0n) is 14.1. The van der Waals surface area contributed by atoms with Crippen LogP contribution in [0.2, 0.25) is 0 Å². The van der Waals surface area contributed by atoms with Gasteiger partial charge < -0.3 is 10.1 Å². The SMILES string of the molecule is O=C(COC(=O)c1ccccc1-n1cnnn1)Nc1ccccc1C(F)(F)F. The minimum absolute atomic E-state index is 0.0818. The summed E-state index contributed by atoms with van der Waals surface area (Å²) in [4.78, 5) is 24.2. The van der Waals surface area contributed by atoms with E-state index in [0.29, 0.717) is 5.69 Å². The average molecular weight is 391 g/mol. The summed E-state index contributed by atoms with van der Waals surface area (Å²) in [5, 5.41) is 12.7. The Morgan fingerprint density at radius 2 is 1.79 bits per heavy atom. The molecule has 0 aliphatic carbocycles. The second kappa shape index (κ2) is 7.86. The Balaban J connectivity index is 1.68. The van der Waals surface area contributed by atoms with Crippen molar-refractivity contribution in [2.75, 3.05) is 11.9 Å². The maximum absolute atomic E-state index is 13.0. The number of tetrazole rings is 1. The molecule has 0 saturated heterocycles. The molecular weight excluding hydrogens is 379 g/mol. The molecule has 1 amide bonds. The summed E-state index contributed by atoms with van der Waals surface area (Å²) in [6.45, 7) is -0.769. The lowest BCUT2D eigenvalue weighted by Gasteiger charge is -2.13. The fraction of sp³-hybridized carbons (Fsp3) is 0.118. The fourth-order valence-corrected chi connectivity index (χ4v) is 2.35. The predicted octanol–water partition coefficient (Wildman–Crippen LogP) is 2.48. The molecule has 28 heavy (non-hydrogen) atoms. The third-order valence-corrected chi connectivity index (χ3v) is 3.56. The van der Waals surface area contributed by atoms with E-state index >= 15 is 0 Å². The highest BCUT2D eigenvalue weighted by atomic mass is 19.4. The minimum Gasteiger partial charge on any atom is -0.452 e. The zero-order valence-corrected chi connectivity index (χ0v) is 14.1. The molecule has 3 aromatic rings. The minimum atomic E-state index is -4.63. The number of esters is 1. The summed E-state index contributed by atoms with van der Waals surface area (Å²) in [7, 11) is 0. The van der Waals surface area contributed by atoms with Crippen molar-refractivity contribution in [1.29, 1.82) is 0 Å². The van der Waals surface area contributed by atoms with Crippen molar-refractivity contribution in [1.82, 2.24) is 20.2 Å². The Hall–Kier alpha value is -3.76. The Labute approximate surface area is 155 Å². The lowest BCUT2D eigenvalue weighted by molar-refractivity contribution is -0.137. The summed E-state index contributed by atoms with van der Waals surface area (Å²) in [5.41, 5.74) is -1.03. The number of halogens is 3. The molecule has 0 bridgehead atoms. The van der Waals surface area contributed by atoms with Crippen LogP contribution in [-0.2, 0) is 15.7 Å². The van der Waals surface area contributed by atoms with Crippen LogP contribution in [0.1, 0.15) is 15.9 Å². The van der Waals surface area contributed by atoms with Gasteiger partial charge in [-0.1, -0.05) is 24.3 Å². The normalized spacial score (nSPS) is 11.1. The van der Waals surface area contributed by atoms with Crippen molar-refractivity contribution in [2.45, 2.75) is 6.18 Å². The van der Waals surface area contributed by atoms with Gasteiger partial charge >= 0.3 is 12.1 Å². The van der Waals surface area contributed by atoms with E-state index in [1.165, 1.54) is 29.2 Å². The molecule has 0 radical (unpaired) electrons. The van der Waals surface area contributed by atoms with E-state index in [1.54, 1.807) is 18.2 Å². The molecule has 0 spiro atoms. The van der Waals surface area contributed by atoms with E-state index in [2.05, 4.69) is 20.8 Å². The quantitative estimate of drug-likeness (QED) is 0.671. The zero-order chi connectivity index (χ0) is 20.1. The molecule has 0 saturated carbocycles. The molecule has 0 unspecified atom stereocenters. The molecule has 8 nitrogen and oxygen atoms in total. The third-order valence-electron chi connectivity index (χ3n) is 3.56. The highest BCUT2D eigenvalue weighted by molar-refractivity contribution is 5.97. The first-order valence-electron chi connectivity index (χ1n) is 7.82. The summed E-state index contributed by atoms with van der Waals surface area (Å²) >= 11 is 0. The summed E-state index contributed by atoms with van der Waals surface area (Å²) in [6.07, 6.45) is -3.36. The maximum atomic E-state index is 13.0. The number of carbonyl (C=O) groups is 2. The van der Waals surface area contributed by atoms with Crippen molar-refractivity contribution >= 4 is 17.6 Å². The van der Waals surface area contributed by atoms with Crippen molar-refractivity contribution < 1.29 is 27.5 Å². The van der Waals surface area contributed by atoms with Gasteiger partial charge in [0, 0.05) is 0 Å². The number of alkyl halides is 3. The number of carbonyl (C=O) groups excluding carboxylic acids is 2. The molecule has 1 aromatic heterocycles. The summed E-state index contributed by atoms with van der Waals surface area (Å²) in [6, 6.07) is 10.7. The molecule has 2 aromatic carbocycles. The van der Waals surface area contributed by atoms with Crippen LogP contribution in [0, 0.1) is 0 Å². The van der Waals surface area contributed by atoms with E-state index in [4.69, 9.17) is 4.74 Å². The average Bonchev–Trinajstić information content (AvgIpc) is 3.20. The third kappa shape index (κ3) is 4.31. The van der Waals surface area contributed by atoms with Gasteiger partial charge in [0.2, 0.25) is 0 Å². The number of nitrogens with zero attached hydrogens (tertiary/aromatic N) is 4. The van der Waals surface area contributed by atoms with Crippen LogP contribution in [0.4, 0.5) is 18.9 Å². The highest BCUT2D eigenvalue weighted by Crippen LogP contribution is 2.34. The van der Waals surface area contributed by atoms with Gasteiger partial charge in [-0.25, -0.2) is 4.79 Å². The van der Waals surface area contributed by atoms with E-state index in [1.807, 2.05) is 0 Å². The Morgan fingerprint density at radius 1 is 1.07 bits per heavy atom. The second-order valence-corrected chi connectivity index (χ2v) is 5.44. The van der Waals surface area contributed by atoms with Crippen molar-refractivity contribution in [2.24, 2.45) is 0 Å². The Morgan fingerprint density at radius 3 is 2.50 bits per heavy atom. The van der Waals surface area contributed by atoms with Gasteiger partial charge in [0.25, 0.3) is 5.91 Å². The lowest BCUT2D eigenvalue weighted by atomic mass is 10.1. The number of ether oxygens (including phenoxy) is 1. The predicted molar refractivity (Wildman–Crippen MR) is 89.5 cm³/mol. The molecule has 1 heterocycles. The van der Waals surface area contributed by atoms with E-state index < -0.39 is 35.9 Å². The van der Waals surface area contributed by atoms with Gasteiger partial charge in [0.05, 0.1) is 22.5 Å². The van der Waals surface area contributed by atoms with Gasteiger partial charge in [-0.2, -0.15) is 17.9 Å². The van der Waals surface area contributed by atoms with Crippen LogP contribution in [0.5, 0.6) is 0 Å². The van der Waals surface area contributed by atoms with Crippen LogP contribution in [0.25, 0.3) is 5.69 Å². The number of para-hydroxylation sites is 2. The number of hydrogen-bond acceptors (Lipinski definition) is 6. The maximum Gasteiger partial charge on any atom is 0.418 e. The van der Waals surface area contributed by atoms with Crippen LogP contribution in [0.15, 0.2) is 54.9 Å². The number of aromatic nitrogens is 4.